The Hall–Kier alpha value is -2.03. The van der Waals surface area contributed by atoms with E-state index in [9.17, 15) is 18.0 Å². The fourth-order valence-electron chi connectivity index (χ4n) is 1.91. The number of alkyl halides is 3. The molecule has 5 nitrogen and oxygen atoms in total. The van der Waals surface area contributed by atoms with Crippen molar-refractivity contribution in [2.45, 2.75) is 24.8 Å². The van der Waals surface area contributed by atoms with Crippen LogP contribution in [-0.4, -0.2) is 38.4 Å². The fraction of sp³-hybridized carbons (Fsp3) is 0.357. The summed E-state index contributed by atoms with van der Waals surface area (Å²) in [6, 6.07) is 3.51. The maximum Gasteiger partial charge on any atom is 0.401 e. The number of halogens is 3. The molecule has 23 heavy (non-hydrogen) atoms. The van der Waals surface area contributed by atoms with Crippen molar-refractivity contribution < 1.29 is 18.0 Å². The molecule has 0 spiro atoms. The van der Waals surface area contributed by atoms with E-state index >= 15 is 0 Å². The predicted octanol–water partition coefficient (Wildman–Crippen LogP) is 3.20. The van der Waals surface area contributed by atoms with Crippen LogP contribution in [0.15, 0.2) is 30.7 Å². The number of carbonyl (C=O) groups excluding carboxylic acids is 1. The predicted molar refractivity (Wildman–Crippen MR) is 82.7 cm³/mol. The molecule has 0 aliphatic rings. The second-order valence-corrected chi connectivity index (χ2v) is 5.84. The summed E-state index contributed by atoms with van der Waals surface area (Å²) >= 11 is 0.607. The maximum absolute atomic E-state index is 12.7. The van der Waals surface area contributed by atoms with Crippen LogP contribution in [0.2, 0.25) is 0 Å². The highest BCUT2D eigenvalue weighted by Crippen LogP contribution is 2.31. The molecule has 0 aromatic carbocycles. The van der Waals surface area contributed by atoms with Gasteiger partial charge in [-0.3, -0.25) is 9.78 Å². The van der Waals surface area contributed by atoms with E-state index in [-0.39, 0.29) is 0 Å². The van der Waals surface area contributed by atoms with Crippen molar-refractivity contribution >= 4 is 23.4 Å². The Morgan fingerprint density at radius 3 is 2.78 bits per heavy atom. The number of rotatable bonds is 5. The van der Waals surface area contributed by atoms with Gasteiger partial charge in [0.05, 0.1) is 29.5 Å². The van der Waals surface area contributed by atoms with E-state index in [0.717, 1.165) is 0 Å². The first-order valence-electron chi connectivity index (χ1n) is 6.67. The van der Waals surface area contributed by atoms with Crippen molar-refractivity contribution in [2.75, 3.05) is 11.6 Å². The summed E-state index contributed by atoms with van der Waals surface area (Å²) in [7, 11) is 0. The first-order valence-corrected chi connectivity index (χ1v) is 7.96. The Labute approximate surface area is 135 Å². The number of carbonyl (C=O) groups is 1. The zero-order chi connectivity index (χ0) is 17.0. The van der Waals surface area contributed by atoms with Gasteiger partial charge in [-0.15, -0.1) is 0 Å². The van der Waals surface area contributed by atoms with Crippen LogP contribution in [0.3, 0.4) is 0 Å². The highest BCUT2D eigenvalue weighted by atomic mass is 32.2. The van der Waals surface area contributed by atoms with E-state index in [1.807, 2.05) is 0 Å². The summed E-state index contributed by atoms with van der Waals surface area (Å²) in [6.45, 7) is 1.66. The first kappa shape index (κ1) is 17.3. The van der Waals surface area contributed by atoms with Gasteiger partial charge in [0.1, 0.15) is 5.25 Å². The van der Waals surface area contributed by atoms with Crippen LogP contribution >= 0.6 is 11.8 Å². The number of nitrogens with zero attached hydrogens (tertiary/aromatic N) is 3. The van der Waals surface area contributed by atoms with Crippen molar-refractivity contribution in [3.8, 4) is 5.69 Å². The monoisotopic (exact) mass is 344 g/mol. The quantitative estimate of drug-likeness (QED) is 0.905. The molecule has 0 saturated heterocycles. The zero-order valence-electron chi connectivity index (χ0n) is 12.5. The molecule has 9 heteroatoms. The SMILES string of the molecule is CSC(CC(=O)Nc1cn(-c2cccnc2)nc1C)C(F)(F)F. The van der Waals surface area contributed by atoms with Crippen LogP contribution in [0.1, 0.15) is 12.1 Å². The number of pyridine rings is 1. The van der Waals surface area contributed by atoms with E-state index in [1.54, 1.807) is 37.6 Å². The highest BCUT2D eigenvalue weighted by Gasteiger charge is 2.40. The normalized spacial score (nSPS) is 12.9. The summed E-state index contributed by atoms with van der Waals surface area (Å²) in [5, 5.41) is 4.97. The first-order chi connectivity index (χ1) is 10.8. The highest BCUT2D eigenvalue weighted by molar-refractivity contribution is 7.99. The van der Waals surface area contributed by atoms with Gasteiger partial charge in [0.25, 0.3) is 0 Å². The molecular weight excluding hydrogens is 329 g/mol. The molecule has 2 rings (SSSR count). The smallest absolute Gasteiger partial charge is 0.323 e. The minimum absolute atomic E-state index is 0.376. The lowest BCUT2D eigenvalue weighted by atomic mass is 10.2. The van der Waals surface area contributed by atoms with Gasteiger partial charge in [-0.25, -0.2) is 4.68 Å². The number of anilines is 1. The molecule has 1 atom stereocenters. The third kappa shape index (κ3) is 4.47. The lowest BCUT2D eigenvalue weighted by Crippen LogP contribution is -2.30. The molecular formula is C14H15F3N4OS. The third-order valence-corrected chi connectivity index (χ3v) is 4.11. The Kier molecular flexibility index (Phi) is 5.30. The van der Waals surface area contributed by atoms with Gasteiger partial charge in [0.15, 0.2) is 0 Å². The summed E-state index contributed by atoms with van der Waals surface area (Å²) in [4.78, 5) is 15.8. The lowest BCUT2D eigenvalue weighted by molar-refractivity contribution is -0.137. The molecule has 2 aromatic heterocycles. The number of amides is 1. The number of hydrogen-bond acceptors (Lipinski definition) is 4. The van der Waals surface area contributed by atoms with Crippen LogP contribution in [0.5, 0.6) is 0 Å². The van der Waals surface area contributed by atoms with Gasteiger partial charge in [0.2, 0.25) is 5.91 Å². The van der Waals surface area contributed by atoms with Crippen molar-refractivity contribution in [1.82, 2.24) is 14.8 Å². The van der Waals surface area contributed by atoms with E-state index < -0.39 is 23.8 Å². The Balaban J connectivity index is 2.09. The van der Waals surface area contributed by atoms with Gasteiger partial charge < -0.3 is 5.32 Å². The van der Waals surface area contributed by atoms with Crippen molar-refractivity contribution in [2.24, 2.45) is 0 Å². The molecule has 1 amide bonds. The van der Waals surface area contributed by atoms with Gasteiger partial charge in [-0.05, 0) is 25.3 Å². The van der Waals surface area contributed by atoms with Crippen LogP contribution in [-0.2, 0) is 4.79 Å². The molecule has 0 bridgehead atoms. The summed E-state index contributed by atoms with van der Waals surface area (Å²) in [6.07, 6.45) is 1.03. The topological polar surface area (TPSA) is 59.8 Å². The van der Waals surface area contributed by atoms with E-state index in [0.29, 0.717) is 28.8 Å². The summed E-state index contributed by atoms with van der Waals surface area (Å²) < 4.78 is 39.6. The standard InChI is InChI=1S/C14H15F3N4OS/c1-9-11(8-21(20-9)10-4-3-5-18-7-10)19-13(22)6-12(23-2)14(15,16)17/h3-5,7-8,12H,6H2,1-2H3,(H,19,22). The zero-order valence-corrected chi connectivity index (χ0v) is 13.3. The summed E-state index contributed by atoms with van der Waals surface area (Å²) in [5.41, 5.74) is 1.57. The van der Waals surface area contributed by atoms with Crippen LogP contribution in [0, 0.1) is 6.92 Å². The molecule has 0 fully saturated rings. The number of thioether (sulfide) groups is 1. The second-order valence-electron chi connectivity index (χ2n) is 4.80. The molecule has 2 heterocycles. The van der Waals surface area contributed by atoms with Gasteiger partial charge in [0, 0.05) is 12.6 Å². The number of hydrogen-bond donors (Lipinski definition) is 1. The average Bonchev–Trinajstić information content (AvgIpc) is 2.85. The minimum atomic E-state index is -4.41. The summed E-state index contributed by atoms with van der Waals surface area (Å²) in [5.74, 6) is -0.699. The minimum Gasteiger partial charge on any atom is -0.323 e. The number of aryl methyl sites for hydroxylation is 1. The molecule has 0 saturated carbocycles. The van der Waals surface area contributed by atoms with Crippen molar-refractivity contribution in [1.29, 1.82) is 0 Å². The molecule has 124 valence electrons. The van der Waals surface area contributed by atoms with E-state index in [2.05, 4.69) is 15.4 Å². The van der Waals surface area contributed by atoms with Crippen LogP contribution < -0.4 is 5.32 Å². The number of nitrogens with one attached hydrogen (secondary N) is 1. The van der Waals surface area contributed by atoms with Crippen molar-refractivity contribution in [3.05, 3.63) is 36.4 Å². The maximum atomic E-state index is 12.7. The molecule has 1 unspecified atom stereocenters. The molecule has 1 N–H and O–H groups in total. The molecule has 2 aromatic rings. The van der Waals surface area contributed by atoms with Crippen LogP contribution in [0.4, 0.5) is 18.9 Å². The number of aromatic nitrogens is 3. The molecule has 0 aliphatic heterocycles. The van der Waals surface area contributed by atoms with E-state index in [4.69, 9.17) is 0 Å². The molecule has 0 radical (unpaired) electrons. The van der Waals surface area contributed by atoms with Crippen molar-refractivity contribution in [3.63, 3.8) is 0 Å². The average molecular weight is 344 g/mol. The Morgan fingerprint density at radius 2 is 2.22 bits per heavy atom. The second kappa shape index (κ2) is 7.03. The van der Waals surface area contributed by atoms with Gasteiger partial charge in [-0.2, -0.15) is 30.0 Å². The van der Waals surface area contributed by atoms with Gasteiger partial charge >= 0.3 is 6.18 Å². The third-order valence-electron chi connectivity index (χ3n) is 3.10. The van der Waals surface area contributed by atoms with Gasteiger partial charge in [-0.1, -0.05) is 0 Å². The Bertz CT molecular complexity index is 672. The van der Waals surface area contributed by atoms with E-state index in [1.165, 1.54) is 10.9 Å². The lowest BCUT2D eigenvalue weighted by Gasteiger charge is -2.17. The van der Waals surface area contributed by atoms with Crippen LogP contribution in [0.25, 0.3) is 5.69 Å². The Morgan fingerprint density at radius 1 is 1.48 bits per heavy atom. The molecule has 0 aliphatic carbocycles. The largest absolute Gasteiger partial charge is 0.401 e. The fourth-order valence-corrected chi connectivity index (χ4v) is 2.49.